The number of allylic oxidation sites excluding steroid dienone is 1. The van der Waals surface area contributed by atoms with E-state index in [4.69, 9.17) is 20.4 Å². The van der Waals surface area contributed by atoms with Gasteiger partial charge in [-0.3, -0.25) is 4.79 Å². The van der Waals surface area contributed by atoms with Gasteiger partial charge in [0, 0.05) is 10.9 Å². The van der Waals surface area contributed by atoms with Crippen LogP contribution in [0.15, 0.2) is 81.6 Å². The zero-order valence-corrected chi connectivity index (χ0v) is 13.9. The third kappa shape index (κ3) is 3.14. The highest BCUT2D eigenvalue weighted by atomic mass is 35.5. The quantitative estimate of drug-likeness (QED) is 0.324. The van der Waals surface area contributed by atoms with E-state index in [0.29, 0.717) is 27.9 Å². The number of carbonyl (C=O) groups excluding carboxylic acids is 1. The van der Waals surface area contributed by atoms with Gasteiger partial charge in [-0.05, 0) is 48.6 Å². The summed E-state index contributed by atoms with van der Waals surface area (Å²) in [6, 6.07) is 20.3. The average Bonchev–Trinajstić information content (AvgIpc) is 3.27. The molecule has 0 atom stereocenters. The van der Waals surface area contributed by atoms with E-state index in [-0.39, 0.29) is 5.78 Å². The third-order valence-electron chi connectivity index (χ3n) is 3.83. The number of halogens is 1. The maximum atomic E-state index is 12.3. The summed E-state index contributed by atoms with van der Waals surface area (Å²) in [6.45, 7) is 0. The molecule has 0 fully saturated rings. The van der Waals surface area contributed by atoms with Gasteiger partial charge in [0.05, 0.1) is 5.02 Å². The molecule has 4 rings (SSSR count). The lowest BCUT2D eigenvalue weighted by Gasteiger charge is -1.98. The molecule has 4 aromatic rings. The van der Waals surface area contributed by atoms with Crippen LogP contribution in [0.4, 0.5) is 0 Å². The predicted molar refractivity (Wildman–Crippen MR) is 98.7 cm³/mol. The Balaban J connectivity index is 1.56. The summed E-state index contributed by atoms with van der Waals surface area (Å²) in [5.41, 5.74) is 1.51. The van der Waals surface area contributed by atoms with Gasteiger partial charge in [-0.25, -0.2) is 0 Å². The van der Waals surface area contributed by atoms with E-state index in [2.05, 4.69) is 0 Å². The van der Waals surface area contributed by atoms with Crippen molar-refractivity contribution in [3.8, 4) is 11.3 Å². The minimum absolute atomic E-state index is 0.216. The molecular weight excluding hydrogens is 336 g/mol. The van der Waals surface area contributed by atoms with Crippen LogP contribution in [-0.4, -0.2) is 5.78 Å². The van der Waals surface area contributed by atoms with Crippen molar-refractivity contribution in [2.75, 3.05) is 0 Å². The normalized spacial score (nSPS) is 11.4. The highest BCUT2D eigenvalue weighted by molar-refractivity contribution is 6.33. The summed E-state index contributed by atoms with van der Waals surface area (Å²) in [5.74, 6) is 1.31. The summed E-state index contributed by atoms with van der Waals surface area (Å²) < 4.78 is 11.3. The van der Waals surface area contributed by atoms with Gasteiger partial charge >= 0.3 is 0 Å². The lowest BCUT2D eigenvalue weighted by atomic mass is 10.2. The maximum absolute atomic E-state index is 12.3. The summed E-state index contributed by atoms with van der Waals surface area (Å²) in [5, 5.41) is 1.52. The molecule has 2 aromatic carbocycles. The highest BCUT2D eigenvalue weighted by Crippen LogP contribution is 2.29. The van der Waals surface area contributed by atoms with Gasteiger partial charge in [0.1, 0.15) is 17.1 Å². The van der Waals surface area contributed by atoms with Crippen LogP contribution in [0.2, 0.25) is 5.02 Å². The molecule has 0 bridgehead atoms. The molecule has 0 unspecified atom stereocenters. The standard InChI is InChI=1S/C21H13ClO3/c22-17-7-3-2-6-16(17)20-12-10-15(24-20)9-11-18(23)21-13-14-5-1-4-8-19(14)25-21/h1-13H/b11-9+. The van der Waals surface area contributed by atoms with Gasteiger partial charge in [-0.15, -0.1) is 0 Å². The van der Waals surface area contributed by atoms with Crippen LogP contribution in [0.3, 0.4) is 0 Å². The van der Waals surface area contributed by atoms with Crippen LogP contribution >= 0.6 is 11.6 Å². The van der Waals surface area contributed by atoms with E-state index < -0.39 is 0 Å². The molecule has 0 saturated heterocycles. The molecule has 0 radical (unpaired) electrons. The Morgan fingerprint density at radius 3 is 2.56 bits per heavy atom. The molecule has 0 spiro atoms. The molecule has 0 aliphatic rings. The Hall–Kier alpha value is -3.04. The number of ketones is 1. The van der Waals surface area contributed by atoms with Crippen LogP contribution in [0.25, 0.3) is 28.4 Å². The fraction of sp³-hybridized carbons (Fsp3) is 0. The van der Waals surface area contributed by atoms with Crippen LogP contribution < -0.4 is 0 Å². The number of carbonyl (C=O) groups is 1. The Labute approximate surface area is 149 Å². The Morgan fingerprint density at radius 1 is 0.920 bits per heavy atom. The predicted octanol–water partition coefficient (Wildman–Crippen LogP) is 6.24. The topological polar surface area (TPSA) is 43.4 Å². The Kier molecular flexibility index (Phi) is 4.00. The first-order chi connectivity index (χ1) is 12.2. The molecule has 2 aromatic heterocycles. The molecule has 0 N–H and O–H groups in total. The molecule has 0 aliphatic carbocycles. The summed E-state index contributed by atoms with van der Waals surface area (Å²) in [4.78, 5) is 12.3. The van der Waals surface area contributed by atoms with Crippen LogP contribution in [0.1, 0.15) is 16.3 Å². The highest BCUT2D eigenvalue weighted by Gasteiger charge is 2.10. The molecule has 0 aliphatic heterocycles. The second kappa shape index (κ2) is 6.46. The number of fused-ring (bicyclic) bond motifs is 1. The Bertz CT molecular complexity index is 1050. The van der Waals surface area contributed by atoms with E-state index in [0.717, 1.165) is 10.9 Å². The van der Waals surface area contributed by atoms with Crippen molar-refractivity contribution >= 4 is 34.4 Å². The zero-order chi connectivity index (χ0) is 17.2. The molecule has 122 valence electrons. The number of hydrogen-bond acceptors (Lipinski definition) is 3. The van der Waals surface area contributed by atoms with Crippen molar-refractivity contribution in [2.45, 2.75) is 0 Å². The zero-order valence-electron chi connectivity index (χ0n) is 13.1. The van der Waals surface area contributed by atoms with E-state index in [1.54, 1.807) is 24.3 Å². The average molecular weight is 349 g/mol. The fourth-order valence-corrected chi connectivity index (χ4v) is 2.82. The van der Waals surface area contributed by atoms with Gasteiger partial charge < -0.3 is 8.83 Å². The minimum Gasteiger partial charge on any atom is -0.457 e. The van der Waals surface area contributed by atoms with E-state index in [1.807, 2.05) is 48.5 Å². The second-order valence-corrected chi connectivity index (χ2v) is 5.94. The smallest absolute Gasteiger partial charge is 0.221 e. The number of rotatable bonds is 4. The van der Waals surface area contributed by atoms with Crippen molar-refractivity contribution in [1.29, 1.82) is 0 Å². The SMILES string of the molecule is O=C(/C=C/c1ccc(-c2ccccc2Cl)o1)c1cc2ccccc2o1. The van der Waals surface area contributed by atoms with Crippen molar-refractivity contribution in [1.82, 2.24) is 0 Å². The number of benzene rings is 2. The summed E-state index contributed by atoms with van der Waals surface area (Å²) >= 11 is 6.17. The van der Waals surface area contributed by atoms with Gasteiger partial charge in [0.2, 0.25) is 5.78 Å². The van der Waals surface area contributed by atoms with Crippen LogP contribution in [0.5, 0.6) is 0 Å². The minimum atomic E-state index is -0.216. The van der Waals surface area contributed by atoms with Crippen molar-refractivity contribution in [3.63, 3.8) is 0 Å². The molecule has 2 heterocycles. The number of para-hydroxylation sites is 1. The van der Waals surface area contributed by atoms with Gasteiger partial charge in [-0.2, -0.15) is 0 Å². The first kappa shape index (κ1) is 15.5. The van der Waals surface area contributed by atoms with E-state index in [9.17, 15) is 4.79 Å². The summed E-state index contributed by atoms with van der Waals surface area (Å²) in [6.07, 6.45) is 3.06. The largest absolute Gasteiger partial charge is 0.457 e. The van der Waals surface area contributed by atoms with Crippen molar-refractivity contribution < 1.29 is 13.6 Å². The van der Waals surface area contributed by atoms with Gasteiger partial charge in [0.15, 0.2) is 5.76 Å². The van der Waals surface area contributed by atoms with E-state index >= 15 is 0 Å². The van der Waals surface area contributed by atoms with Crippen LogP contribution in [0, 0.1) is 0 Å². The first-order valence-electron chi connectivity index (χ1n) is 7.76. The van der Waals surface area contributed by atoms with Gasteiger partial charge in [-0.1, -0.05) is 41.9 Å². The Morgan fingerprint density at radius 2 is 1.72 bits per heavy atom. The van der Waals surface area contributed by atoms with Gasteiger partial charge in [0.25, 0.3) is 0 Å². The van der Waals surface area contributed by atoms with Crippen molar-refractivity contribution in [2.24, 2.45) is 0 Å². The lowest BCUT2D eigenvalue weighted by molar-refractivity contribution is 0.102. The molecular formula is C21H13ClO3. The second-order valence-electron chi connectivity index (χ2n) is 5.53. The molecule has 0 saturated carbocycles. The summed E-state index contributed by atoms with van der Waals surface area (Å²) in [7, 11) is 0. The molecule has 25 heavy (non-hydrogen) atoms. The number of furan rings is 2. The van der Waals surface area contributed by atoms with E-state index in [1.165, 1.54) is 6.08 Å². The molecule has 3 nitrogen and oxygen atoms in total. The monoisotopic (exact) mass is 348 g/mol. The van der Waals surface area contributed by atoms with Crippen molar-refractivity contribution in [3.05, 3.63) is 89.3 Å². The first-order valence-corrected chi connectivity index (χ1v) is 8.14. The molecule has 0 amide bonds. The van der Waals surface area contributed by atoms with Crippen LogP contribution in [-0.2, 0) is 0 Å². The maximum Gasteiger partial charge on any atom is 0.221 e. The fourth-order valence-electron chi connectivity index (χ4n) is 2.59. The lowest BCUT2D eigenvalue weighted by Crippen LogP contribution is -1.89. The number of hydrogen-bond donors (Lipinski definition) is 0. The third-order valence-corrected chi connectivity index (χ3v) is 4.16. The molecule has 4 heteroatoms.